The zero-order valence-corrected chi connectivity index (χ0v) is 84.1. The van der Waals surface area contributed by atoms with Crippen molar-refractivity contribution in [3.8, 4) is 0 Å². The SMILES string of the molecule is CC(=O)NC(C)(C)C(=O)N1CCCC1C(=O)NC(C)(C)C(=O)NC(C)C(=O)NC(C)(C)C(=O)NC(C)(C)C(=O)NC(CCC(N)=O)C(=O)NC(C)(C)C(=O)NC(CC(C)C)C(=O)NC(C)(C)C(=O)NCC(=O)NC(C)(C)C(=O)NC(C)(C)C(=O)N1CCCC1C(=O)NC(C(=O)NC(C)(C)C(=O)NC(C)(C)C(=O)NC(CCC(=O)O)C(=O)NC(CCC(N)=O)C(=O)NC(CO)CC(C)C)C(C)C. The van der Waals surface area contributed by atoms with Crippen LogP contribution < -0.4 is 107 Å². The molecule has 0 bridgehead atoms. The van der Waals surface area contributed by atoms with Gasteiger partial charge in [0, 0.05) is 39.3 Å². The molecule has 2 saturated heterocycles. The van der Waals surface area contributed by atoms with Gasteiger partial charge in [-0.15, -0.1) is 0 Å². The Labute approximate surface area is 794 Å². The lowest BCUT2D eigenvalue weighted by Crippen LogP contribution is -2.67. The molecule has 2 fully saturated rings. The number of carbonyl (C=O) groups is 23. The van der Waals surface area contributed by atoms with Crippen LogP contribution in [0.5, 0.6) is 0 Å². The summed E-state index contributed by atoms with van der Waals surface area (Å²) in [4.78, 5) is 315. The van der Waals surface area contributed by atoms with E-state index >= 15 is 0 Å². The van der Waals surface area contributed by atoms with E-state index in [-0.39, 0.29) is 57.0 Å². The van der Waals surface area contributed by atoms with Crippen molar-refractivity contribution in [1.29, 1.82) is 0 Å². The van der Waals surface area contributed by atoms with E-state index in [2.05, 4.69) is 95.7 Å². The highest BCUT2D eigenvalue weighted by Crippen LogP contribution is 2.27. The number of nitrogens with zero attached hydrogens (tertiary/aromatic N) is 2. The number of hydrogen-bond acceptors (Lipinski definition) is 24. The predicted molar refractivity (Wildman–Crippen MR) is 494 cm³/mol. The van der Waals surface area contributed by atoms with E-state index in [0.717, 1.165) is 0 Å². The molecule has 0 aromatic carbocycles. The van der Waals surface area contributed by atoms with Gasteiger partial charge in [-0.05, 0) is 221 Å². The fourth-order valence-corrected chi connectivity index (χ4v) is 14.3. The number of nitrogens with one attached hydrogen (secondary N) is 18. The molecular weight excluding hydrogens is 1780 g/mol. The van der Waals surface area contributed by atoms with Gasteiger partial charge in [0.05, 0.1) is 19.2 Å². The molecule has 0 spiro atoms. The van der Waals surface area contributed by atoms with Gasteiger partial charge in [0.15, 0.2) is 0 Å². The minimum absolute atomic E-state index is 0.0197. The highest BCUT2D eigenvalue weighted by Gasteiger charge is 2.50. The zero-order valence-electron chi connectivity index (χ0n) is 84.1. The van der Waals surface area contributed by atoms with Gasteiger partial charge in [-0.2, -0.15) is 0 Å². The largest absolute Gasteiger partial charge is 0.481 e. The maximum Gasteiger partial charge on any atom is 0.303 e. The molecule has 2 aliphatic rings. The van der Waals surface area contributed by atoms with E-state index in [1.807, 2.05) is 13.8 Å². The van der Waals surface area contributed by atoms with E-state index in [1.165, 1.54) is 162 Å². The lowest BCUT2D eigenvalue weighted by Gasteiger charge is -2.36. The quantitative estimate of drug-likeness (QED) is 0.0273. The van der Waals surface area contributed by atoms with Gasteiger partial charge < -0.3 is 127 Å². The highest BCUT2D eigenvalue weighted by molar-refractivity contribution is 6.05. The Bertz CT molecular complexity index is 4470. The van der Waals surface area contributed by atoms with Crippen molar-refractivity contribution in [2.45, 2.75) is 381 Å². The molecule has 0 aliphatic carbocycles. The van der Waals surface area contributed by atoms with Crippen LogP contribution in [-0.4, -0.2) is 292 Å². The van der Waals surface area contributed by atoms with Crippen LogP contribution in [0.4, 0.5) is 0 Å². The molecule has 24 N–H and O–H groups in total. The Morgan fingerprint density at radius 2 is 0.684 bits per heavy atom. The fraction of sp³-hybridized carbons (Fsp3) is 0.742. The van der Waals surface area contributed by atoms with Crippen molar-refractivity contribution in [2.75, 3.05) is 26.2 Å². The van der Waals surface area contributed by atoms with Crippen LogP contribution in [0.15, 0.2) is 0 Å². The van der Waals surface area contributed by atoms with Gasteiger partial charge >= 0.3 is 5.97 Å². The number of aliphatic carboxylic acids is 1. The summed E-state index contributed by atoms with van der Waals surface area (Å²) in [6, 6.07) is -11.7. The molecule has 47 heteroatoms. The van der Waals surface area contributed by atoms with Gasteiger partial charge in [0.25, 0.3) is 0 Å². The number of carboxylic acid groups (broad SMARTS) is 1. The first-order chi connectivity index (χ1) is 61.8. The molecule has 768 valence electrons. The number of hydrogen-bond donors (Lipinski definition) is 22. The number of aliphatic hydroxyl groups is 1. The molecule has 2 heterocycles. The number of carboxylic acids is 1. The lowest BCUT2D eigenvalue weighted by molar-refractivity contribution is -0.146. The van der Waals surface area contributed by atoms with Crippen molar-refractivity contribution in [2.24, 2.45) is 29.2 Å². The fourth-order valence-electron chi connectivity index (χ4n) is 14.3. The topological polar surface area (TPSA) is 708 Å². The van der Waals surface area contributed by atoms with E-state index in [9.17, 15) is 120 Å². The number of likely N-dealkylation sites (tertiary alicyclic amines) is 2. The second-order valence-corrected chi connectivity index (χ2v) is 41.4. The van der Waals surface area contributed by atoms with Gasteiger partial charge in [-0.25, -0.2) is 0 Å². The number of primary amides is 2. The van der Waals surface area contributed by atoms with Crippen LogP contribution in [0, 0.1) is 17.8 Å². The second-order valence-electron chi connectivity index (χ2n) is 41.4. The smallest absolute Gasteiger partial charge is 0.303 e. The normalized spacial score (nSPS) is 16.1. The Hall–Kier alpha value is -12.2. The first kappa shape index (κ1) is 120. The highest BCUT2D eigenvalue weighted by atomic mass is 16.4. The number of rotatable bonds is 52. The van der Waals surface area contributed by atoms with Gasteiger partial charge in [0.2, 0.25) is 130 Å². The molecule has 0 radical (unpaired) electrons. The maximum atomic E-state index is 14.5. The number of aliphatic hydroxyl groups excluding tert-OH is 1. The summed E-state index contributed by atoms with van der Waals surface area (Å²) in [5.74, 6) is -21.0. The average Bonchev–Trinajstić information content (AvgIpc) is 1.63. The molecule has 2 rings (SSSR count). The Morgan fingerprint density at radius 3 is 1.10 bits per heavy atom. The molecule has 9 atom stereocenters. The number of carbonyl (C=O) groups excluding carboxylic acids is 22. The number of amides is 22. The summed E-state index contributed by atoms with van der Waals surface area (Å²) in [6.07, 6.45) is -1.30. The van der Waals surface area contributed by atoms with E-state index in [4.69, 9.17) is 11.5 Å². The Kier molecular flexibility index (Phi) is 43.2. The van der Waals surface area contributed by atoms with Gasteiger partial charge in [-0.3, -0.25) is 110 Å². The zero-order chi connectivity index (χ0) is 105. The maximum absolute atomic E-state index is 14.5. The van der Waals surface area contributed by atoms with Crippen molar-refractivity contribution in [3.05, 3.63) is 0 Å². The third kappa shape index (κ3) is 36.8. The minimum Gasteiger partial charge on any atom is -0.481 e. The average molecular weight is 1930 g/mol. The third-order valence-electron chi connectivity index (χ3n) is 22.6. The first-order valence-corrected chi connectivity index (χ1v) is 45.5. The molecule has 22 amide bonds. The molecule has 0 aromatic heterocycles. The molecule has 0 aromatic rings. The monoisotopic (exact) mass is 1930 g/mol. The van der Waals surface area contributed by atoms with Crippen LogP contribution in [-0.2, 0) is 110 Å². The third-order valence-corrected chi connectivity index (χ3v) is 22.6. The number of nitrogens with two attached hydrogens (primary N) is 2. The van der Waals surface area contributed by atoms with Crippen LogP contribution in [0.2, 0.25) is 0 Å². The summed E-state index contributed by atoms with van der Waals surface area (Å²) in [5, 5.41) is 65.1. The van der Waals surface area contributed by atoms with Gasteiger partial charge in [0.1, 0.15) is 104 Å². The summed E-state index contributed by atoms with van der Waals surface area (Å²) in [5.41, 5.74) is -7.01. The standard InChI is InChI=1S/C89H152N22O25/c1-45(2)41-50(44-112)94-63(120)51(33-36-57(90)114)95-64(121)52(35-38-60(117)118)96-73(130)83(15,16)108-77(134)87(23,24)106-69(126)61(47(5)6)99-67(124)55-31-29-39-110(55)79(136)89(27,28)109-75(132)85(19,20)101-59(116)43-92-70(127)80(9,10)104-66(123)54(42-46(3)4)98-72(129)82(13,14)103-65(122)53(34-37-58(91)115)97-74(131)84(17,18)107-76(133)86(21,22)102-62(119)48(7)93-71(128)81(11,12)105-68(125)56-32-30-40-111(56)78(135)88(25,26)100-49(8)113/h45-48,50-56,61,112H,29-44H2,1-28H3,(H2,90,114)(H2,91,115)(H,92,127)(H,93,128)(H,94,120)(H,95,121)(H,96,130)(H,97,131)(H,98,129)(H,99,124)(H,100,113)(H,101,116)(H,102,119)(H,103,122)(H,104,123)(H,105,125)(H,106,126)(H,107,133)(H,108,134)(H,109,132)(H,117,118). The van der Waals surface area contributed by atoms with Crippen LogP contribution in [0.3, 0.4) is 0 Å². The summed E-state index contributed by atoms with van der Waals surface area (Å²) in [7, 11) is 0. The Morgan fingerprint density at radius 1 is 0.346 bits per heavy atom. The lowest BCUT2D eigenvalue weighted by atomic mass is 9.96. The molecule has 0 saturated carbocycles. The van der Waals surface area contributed by atoms with Crippen molar-refractivity contribution in [1.82, 2.24) is 106 Å². The first-order valence-electron chi connectivity index (χ1n) is 45.5. The van der Waals surface area contributed by atoms with Crippen molar-refractivity contribution < 1.29 is 120 Å². The van der Waals surface area contributed by atoms with E-state index < -0.39 is 290 Å². The minimum atomic E-state index is -1.92. The van der Waals surface area contributed by atoms with Crippen molar-refractivity contribution >= 4 is 136 Å². The summed E-state index contributed by atoms with van der Waals surface area (Å²) >= 11 is 0. The molecule has 2 aliphatic heterocycles. The molecule has 47 nitrogen and oxygen atoms in total. The van der Waals surface area contributed by atoms with E-state index in [0.29, 0.717) is 19.3 Å². The van der Waals surface area contributed by atoms with Crippen LogP contribution >= 0.6 is 0 Å². The summed E-state index contributed by atoms with van der Waals surface area (Å²) < 4.78 is 0. The van der Waals surface area contributed by atoms with Gasteiger partial charge in [-0.1, -0.05) is 41.5 Å². The van der Waals surface area contributed by atoms with Crippen LogP contribution in [0.25, 0.3) is 0 Å². The second kappa shape index (κ2) is 49.0. The predicted octanol–water partition coefficient (Wildman–Crippen LogP) is -4.40. The van der Waals surface area contributed by atoms with E-state index in [1.54, 1.807) is 27.7 Å². The Balaban J connectivity index is 2.16. The summed E-state index contributed by atoms with van der Waals surface area (Å²) in [6.45, 7) is 38.2. The molecular formula is C89H152N22O25. The molecule has 136 heavy (non-hydrogen) atoms. The van der Waals surface area contributed by atoms with Crippen LogP contribution in [0.1, 0.15) is 271 Å². The van der Waals surface area contributed by atoms with Crippen molar-refractivity contribution in [3.63, 3.8) is 0 Å². The molecule has 9 unspecified atom stereocenters.